The Kier molecular flexibility index (Phi) is 4.38. The van der Waals surface area contributed by atoms with Crippen molar-refractivity contribution in [2.75, 3.05) is 0 Å². The van der Waals surface area contributed by atoms with E-state index in [4.69, 9.17) is 5.73 Å². The van der Waals surface area contributed by atoms with Gasteiger partial charge in [0, 0.05) is 15.0 Å². The van der Waals surface area contributed by atoms with Crippen LogP contribution < -0.4 is 5.73 Å². The maximum absolute atomic E-state index is 6.30. The molecule has 0 aromatic heterocycles. The molecule has 1 nitrogen and oxygen atoms in total. The zero-order chi connectivity index (χ0) is 11.6. The molecule has 0 aliphatic rings. The molecule has 2 N–H and O–H groups in total. The van der Waals surface area contributed by atoms with Crippen molar-refractivity contribution in [3.8, 4) is 0 Å². The first-order valence-electron chi connectivity index (χ1n) is 5.09. The van der Waals surface area contributed by atoms with Gasteiger partial charge in [0.05, 0.1) is 0 Å². The van der Waals surface area contributed by atoms with Crippen molar-refractivity contribution >= 4 is 31.9 Å². The van der Waals surface area contributed by atoms with Gasteiger partial charge in [-0.05, 0) is 35.6 Å². The lowest BCUT2D eigenvalue weighted by Crippen LogP contribution is -2.28. The normalized spacial score (nSPS) is 14.0. The van der Waals surface area contributed by atoms with Crippen molar-refractivity contribution < 1.29 is 0 Å². The van der Waals surface area contributed by atoms with Gasteiger partial charge in [0.1, 0.15) is 0 Å². The highest BCUT2D eigenvalue weighted by molar-refractivity contribution is 9.11. The van der Waals surface area contributed by atoms with Gasteiger partial charge in [-0.15, -0.1) is 0 Å². The highest BCUT2D eigenvalue weighted by Crippen LogP contribution is 2.38. The van der Waals surface area contributed by atoms with Crippen LogP contribution in [0.2, 0.25) is 0 Å². The summed E-state index contributed by atoms with van der Waals surface area (Å²) < 4.78 is 2.16. The van der Waals surface area contributed by atoms with Crippen LogP contribution in [0.1, 0.15) is 38.8 Å². The Hall–Kier alpha value is 0.140. The summed E-state index contributed by atoms with van der Waals surface area (Å²) in [5, 5.41) is 0. The Morgan fingerprint density at radius 3 is 2.47 bits per heavy atom. The molecular formula is C12H17Br2N. The molecular weight excluding hydrogens is 318 g/mol. The minimum Gasteiger partial charge on any atom is -0.323 e. The van der Waals surface area contributed by atoms with Crippen molar-refractivity contribution in [2.24, 2.45) is 11.1 Å². The summed E-state index contributed by atoms with van der Waals surface area (Å²) in [6, 6.07) is 6.19. The van der Waals surface area contributed by atoms with Crippen LogP contribution in [0, 0.1) is 5.41 Å². The molecule has 0 radical (unpaired) electrons. The summed E-state index contributed by atoms with van der Waals surface area (Å²) in [6.07, 6.45) is 1.06. The molecule has 0 amide bonds. The van der Waals surface area contributed by atoms with Crippen LogP contribution in [-0.4, -0.2) is 0 Å². The molecule has 1 rings (SSSR count). The van der Waals surface area contributed by atoms with Crippen LogP contribution in [0.25, 0.3) is 0 Å². The summed E-state index contributed by atoms with van der Waals surface area (Å²) in [5.74, 6) is 0. The average molecular weight is 335 g/mol. The Labute approximate surface area is 109 Å². The van der Waals surface area contributed by atoms with Crippen LogP contribution in [0.5, 0.6) is 0 Å². The van der Waals surface area contributed by atoms with E-state index in [-0.39, 0.29) is 11.5 Å². The summed E-state index contributed by atoms with van der Waals surface area (Å²) in [6.45, 7) is 6.57. The number of hydrogen-bond donors (Lipinski definition) is 1. The van der Waals surface area contributed by atoms with E-state index in [2.05, 4.69) is 58.7 Å². The van der Waals surface area contributed by atoms with E-state index in [0.717, 1.165) is 20.9 Å². The molecule has 1 aromatic rings. The summed E-state index contributed by atoms with van der Waals surface area (Å²) >= 11 is 7.03. The minimum atomic E-state index is 0.0503. The van der Waals surface area contributed by atoms with Gasteiger partial charge in [-0.3, -0.25) is 0 Å². The van der Waals surface area contributed by atoms with Crippen molar-refractivity contribution in [1.82, 2.24) is 0 Å². The standard InChI is InChI=1S/C12H17Br2N/c1-4-12(2,3)11(15)9-7-8(13)5-6-10(9)14/h5-7,11H,4,15H2,1-3H3. The zero-order valence-corrected chi connectivity index (χ0v) is 12.5. The molecule has 0 fully saturated rings. The molecule has 0 aliphatic heterocycles. The molecule has 3 heteroatoms. The van der Waals surface area contributed by atoms with Crippen molar-refractivity contribution in [3.63, 3.8) is 0 Å². The van der Waals surface area contributed by atoms with Crippen molar-refractivity contribution in [1.29, 1.82) is 0 Å². The fourth-order valence-electron chi connectivity index (χ4n) is 1.39. The summed E-state index contributed by atoms with van der Waals surface area (Å²) in [7, 11) is 0. The number of halogens is 2. The van der Waals surface area contributed by atoms with E-state index < -0.39 is 0 Å². The van der Waals surface area contributed by atoms with Gasteiger partial charge in [0.25, 0.3) is 0 Å². The molecule has 84 valence electrons. The largest absolute Gasteiger partial charge is 0.323 e. The summed E-state index contributed by atoms with van der Waals surface area (Å²) in [5.41, 5.74) is 7.58. The fraction of sp³-hybridized carbons (Fsp3) is 0.500. The molecule has 0 aliphatic carbocycles. The van der Waals surface area contributed by atoms with E-state index in [0.29, 0.717) is 0 Å². The van der Waals surface area contributed by atoms with Crippen molar-refractivity contribution in [2.45, 2.75) is 33.2 Å². The second kappa shape index (κ2) is 4.98. The number of benzene rings is 1. The summed E-state index contributed by atoms with van der Waals surface area (Å²) in [4.78, 5) is 0. The SMILES string of the molecule is CCC(C)(C)C(N)c1cc(Br)ccc1Br. The lowest BCUT2D eigenvalue weighted by molar-refractivity contribution is 0.277. The maximum atomic E-state index is 6.30. The van der Waals surface area contributed by atoms with Crippen molar-refractivity contribution in [3.05, 3.63) is 32.7 Å². The van der Waals surface area contributed by atoms with E-state index in [1.165, 1.54) is 0 Å². The van der Waals surface area contributed by atoms with Gasteiger partial charge in [-0.1, -0.05) is 52.6 Å². The lowest BCUT2D eigenvalue weighted by Gasteiger charge is -2.31. The van der Waals surface area contributed by atoms with Crippen LogP contribution >= 0.6 is 31.9 Å². The van der Waals surface area contributed by atoms with Gasteiger partial charge < -0.3 is 5.73 Å². The highest BCUT2D eigenvalue weighted by Gasteiger charge is 2.27. The fourth-order valence-corrected chi connectivity index (χ4v) is 2.27. The molecule has 0 bridgehead atoms. The van der Waals surface area contributed by atoms with E-state index in [1.807, 2.05) is 12.1 Å². The third-order valence-corrected chi connectivity index (χ3v) is 4.26. The first-order chi connectivity index (χ1) is 6.88. The van der Waals surface area contributed by atoms with E-state index in [9.17, 15) is 0 Å². The van der Waals surface area contributed by atoms with Gasteiger partial charge >= 0.3 is 0 Å². The minimum absolute atomic E-state index is 0.0503. The Morgan fingerprint density at radius 1 is 1.33 bits per heavy atom. The van der Waals surface area contributed by atoms with Crippen LogP contribution in [0.3, 0.4) is 0 Å². The number of nitrogens with two attached hydrogens (primary N) is 1. The predicted molar refractivity (Wildman–Crippen MR) is 72.8 cm³/mol. The molecule has 0 heterocycles. The molecule has 0 spiro atoms. The second-order valence-electron chi connectivity index (χ2n) is 4.49. The van der Waals surface area contributed by atoms with Gasteiger partial charge in [0.2, 0.25) is 0 Å². The highest BCUT2D eigenvalue weighted by atomic mass is 79.9. The number of hydrogen-bond acceptors (Lipinski definition) is 1. The predicted octanol–water partition coefficient (Wildman–Crippen LogP) is 4.65. The zero-order valence-electron chi connectivity index (χ0n) is 9.35. The van der Waals surface area contributed by atoms with Gasteiger partial charge in [-0.2, -0.15) is 0 Å². The molecule has 1 unspecified atom stereocenters. The average Bonchev–Trinajstić information content (AvgIpc) is 2.20. The molecule has 1 atom stereocenters. The van der Waals surface area contributed by atoms with Crippen LogP contribution in [0.4, 0.5) is 0 Å². The quantitative estimate of drug-likeness (QED) is 0.855. The van der Waals surface area contributed by atoms with Gasteiger partial charge in [-0.25, -0.2) is 0 Å². The van der Waals surface area contributed by atoms with Gasteiger partial charge in [0.15, 0.2) is 0 Å². The molecule has 1 aromatic carbocycles. The lowest BCUT2D eigenvalue weighted by atomic mass is 9.79. The Bertz CT molecular complexity index is 347. The van der Waals surface area contributed by atoms with E-state index in [1.54, 1.807) is 0 Å². The third-order valence-electron chi connectivity index (χ3n) is 3.05. The smallest absolute Gasteiger partial charge is 0.0358 e. The topological polar surface area (TPSA) is 26.0 Å². The first kappa shape index (κ1) is 13.2. The van der Waals surface area contributed by atoms with Crippen LogP contribution in [0.15, 0.2) is 27.1 Å². The molecule has 15 heavy (non-hydrogen) atoms. The molecule has 0 saturated heterocycles. The molecule has 0 saturated carbocycles. The second-order valence-corrected chi connectivity index (χ2v) is 6.26. The third kappa shape index (κ3) is 3.05. The Balaban J connectivity index is 3.10. The Morgan fingerprint density at radius 2 is 1.93 bits per heavy atom. The monoisotopic (exact) mass is 333 g/mol. The number of rotatable bonds is 3. The van der Waals surface area contributed by atoms with E-state index >= 15 is 0 Å². The maximum Gasteiger partial charge on any atom is 0.0358 e. The van der Waals surface area contributed by atoms with Crippen LogP contribution in [-0.2, 0) is 0 Å². The first-order valence-corrected chi connectivity index (χ1v) is 6.67.